The Balaban J connectivity index is 1.41. The van der Waals surface area contributed by atoms with Crippen LogP contribution in [-0.2, 0) is 29.9 Å². The number of rotatable bonds is 18. The molecule has 0 spiro atoms. The predicted octanol–water partition coefficient (Wildman–Crippen LogP) is 7.24. The van der Waals surface area contributed by atoms with Crippen LogP contribution >= 0.6 is 0 Å². The minimum Gasteiger partial charge on any atom is -0.508 e. The van der Waals surface area contributed by atoms with E-state index < -0.39 is 10.8 Å². The molecule has 0 saturated carbocycles. The van der Waals surface area contributed by atoms with Crippen molar-refractivity contribution < 1.29 is 38.7 Å². The van der Waals surface area contributed by atoms with Crippen molar-refractivity contribution in [1.82, 2.24) is 0 Å². The number of phenolic OH excluding ortho intramolecular Hbond substituents is 2. The number of aromatic hydroxyl groups is 2. The van der Waals surface area contributed by atoms with Crippen molar-refractivity contribution >= 4 is 11.9 Å². The van der Waals surface area contributed by atoms with Gasteiger partial charge >= 0.3 is 11.9 Å². The first-order valence-corrected chi connectivity index (χ1v) is 15.2. The Hall–Kier alpha value is -4.20. The summed E-state index contributed by atoms with van der Waals surface area (Å²) in [5.74, 6) is 1.04. The summed E-state index contributed by atoms with van der Waals surface area (Å²) in [7, 11) is 0. The first kappa shape index (κ1) is 34.3. The fourth-order valence-corrected chi connectivity index (χ4v) is 5.09. The second-order valence-corrected chi connectivity index (χ2v) is 12.1. The average Bonchev–Trinajstić information content (AvgIpc) is 2.99. The molecule has 44 heavy (non-hydrogen) atoms. The van der Waals surface area contributed by atoms with Crippen LogP contribution in [0.3, 0.4) is 0 Å². The van der Waals surface area contributed by atoms with E-state index in [1.54, 1.807) is 12.1 Å². The Labute approximate surface area is 260 Å². The number of carbonyl (C=O) groups excluding carboxylic acids is 2. The largest absolute Gasteiger partial charge is 0.508 e. The molecule has 0 atom stereocenters. The molecule has 3 rings (SSSR count). The molecule has 2 N–H and O–H groups in total. The van der Waals surface area contributed by atoms with Crippen molar-refractivity contribution in [2.75, 3.05) is 26.4 Å². The van der Waals surface area contributed by atoms with E-state index in [4.69, 9.17) is 18.9 Å². The topological polar surface area (TPSA) is 112 Å². The van der Waals surface area contributed by atoms with Gasteiger partial charge in [0.2, 0.25) is 0 Å². The molecule has 0 unspecified atom stereocenters. The summed E-state index contributed by atoms with van der Waals surface area (Å²) in [6.07, 6.45) is 2.83. The number of phenols is 2. The van der Waals surface area contributed by atoms with Crippen LogP contribution in [0.1, 0.15) is 77.3 Å². The average molecular weight is 607 g/mol. The van der Waals surface area contributed by atoms with E-state index >= 15 is 0 Å². The van der Waals surface area contributed by atoms with Crippen LogP contribution in [-0.4, -0.2) is 48.6 Å². The normalized spacial score (nSPS) is 11.5. The van der Waals surface area contributed by atoms with Crippen LogP contribution in [0.4, 0.5) is 0 Å². The lowest BCUT2D eigenvalue weighted by atomic mass is 9.75. The monoisotopic (exact) mass is 606 g/mol. The van der Waals surface area contributed by atoms with E-state index in [0.29, 0.717) is 36.8 Å². The van der Waals surface area contributed by atoms with Crippen LogP contribution in [0.2, 0.25) is 0 Å². The van der Waals surface area contributed by atoms with Gasteiger partial charge in [0.15, 0.2) is 0 Å². The Morgan fingerprint density at radius 1 is 0.591 bits per heavy atom. The SMILES string of the molecule is CC(C)(CCCC(=O)OCCOc1ccccc1)c1cc(O)c(C(C)(C)CCCC(=O)OCCOc2ccccc2)cc1O. The van der Waals surface area contributed by atoms with Gasteiger partial charge in [0.1, 0.15) is 49.4 Å². The van der Waals surface area contributed by atoms with Crippen LogP contribution in [0, 0.1) is 0 Å². The first-order chi connectivity index (χ1) is 21.0. The van der Waals surface area contributed by atoms with Crippen molar-refractivity contribution in [3.8, 4) is 23.0 Å². The molecule has 0 aliphatic carbocycles. The number of hydrogen-bond donors (Lipinski definition) is 2. The molecule has 3 aromatic rings. The maximum atomic E-state index is 12.2. The molecule has 0 saturated heterocycles. The van der Waals surface area contributed by atoms with E-state index in [0.717, 1.165) is 11.5 Å². The Bertz CT molecular complexity index is 1220. The van der Waals surface area contributed by atoms with E-state index in [-0.39, 0.29) is 62.7 Å². The number of benzene rings is 3. The van der Waals surface area contributed by atoms with Gasteiger partial charge in [-0.05, 0) is 72.9 Å². The number of hydrogen-bond acceptors (Lipinski definition) is 8. The summed E-state index contributed by atoms with van der Waals surface area (Å²) in [6, 6.07) is 21.9. The molecular formula is C36H46O8. The lowest BCUT2D eigenvalue weighted by Crippen LogP contribution is -2.21. The van der Waals surface area contributed by atoms with E-state index in [1.165, 1.54) is 0 Å². The highest BCUT2D eigenvalue weighted by atomic mass is 16.6. The molecule has 3 aromatic carbocycles. The van der Waals surface area contributed by atoms with Crippen LogP contribution in [0.25, 0.3) is 0 Å². The van der Waals surface area contributed by atoms with Crippen molar-refractivity contribution in [2.45, 2.75) is 77.0 Å². The summed E-state index contributed by atoms with van der Waals surface area (Å²) in [6.45, 7) is 8.81. The van der Waals surface area contributed by atoms with Crippen molar-refractivity contribution in [1.29, 1.82) is 0 Å². The van der Waals surface area contributed by atoms with Crippen molar-refractivity contribution in [2.24, 2.45) is 0 Å². The number of carbonyl (C=O) groups is 2. The predicted molar refractivity (Wildman–Crippen MR) is 169 cm³/mol. The molecule has 8 heteroatoms. The standard InChI is InChI=1S/C36H46O8/c1-35(2,19-11-17-33(39)43-23-21-41-27-13-7-5-8-14-27)29-25-32(38)30(26-31(29)37)36(3,4)20-12-18-34(40)44-24-22-42-28-15-9-6-10-16-28/h5-10,13-16,25-26,37-38H,11-12,17-24H2,1-4H3. The molecular weight excluding hydrogens is 560 g/mol. The lowest BCUT2D eigenvalue weighted by molar-refractivity contribution is -0.145. The Morgan fingerprint density at radius 2 is 0.955 bits per heavy atom. The lowest BCUT2D eigenvalue weighted by Gasteiger charge is -2.30. The molecule has 0 radical (unpaired) electrons. The van der Waals surface area contributed by atoms with E-state index in [9.17, 15) is 19.8 Å². The fourth-order valence-electron chi connectivity index (χ4n) is 5.09. The molecule has 8 nitrogen and oxygen atoms in total. The minimum atomic E-state index is -0.491. The fraction of sp³-hybridized carbons (Fsp3) is 0.444. The molecule has 0 aliphatic rings. The summed E-state index contributed by atoms with van der Waals surface area (Å²) < 4.78 is 21.6. The van der Waals surface area contributed by atoms with Crippen molar-refractivity contribution in [3.05, 3.63) is 83.9 Å². The van der Waals surface area contributed by atoms with Gasteiger partial charge in [0.05, 0.1) is 0 Å². The second kappa shape index (κ2) is 16.6. The van der Waals surface area contributed by atoms with Crippen LogP contribution in [0.15, 0.2) is 72.8 Å². The van der Waals surface area contributed by atoms with Gasteiger partial charge in [-0.15, -0.1) is 0 Å². The van der Waals surface area contributed by atoms with Crippen LogP contribution < -0.4 is 9.47 Å². The maximum absolute atomic E-state index is 12.2. The molecule has 0 amide bonds. The number of ether oxygens (including phenoxy) is 4. The molecule has 0 bridgehead atoms. The van der Waals surface area contributed by atoms with Gasteiger partial charge in [0, 0.05) is 24.0 Å². The van der Waals surface area contributed by atoms with Gasteiger partial charge in [-0.1, -0.05) is 64.1 Å². The highest BCUT2D eigenvalue weighted by Crippen LogP contribution is 2.43. The second-order valence-electron chi connectivity index (χ2n) is 12.1. The van der Waals surface area contributed by atoms with E-state index in [1.807, 2.05) is 88.4 Å². The third kappa shape index (κ3) is 11.1. The third-order valence-electron chi connectivity index (χ3n) is 7.65. The number of esters is 2. The molecule has 0 aromatic heterocycles. The molecule has 0 heterocycles. The van der Waals surface area contributed by atoms with Gasteiger partial charge in [-0.2, -0.15) is 0 Å². The quantitative estimate of drug-likeness (QED) is 0.0886. The smallest absolute Gasteiger partial charge is 0.305 e. The third-order valence-corrected chi connectivity index (χ3v) is 7.65. The first-order valence-electron chi connectivity index (χ1n) is 15.2. The molecule has 0 aliphatic heterocycles. The van der Waals surface area contributed by atoms with Crippen LogP contribution in [0.5, 0.6) is 23.0 Å². The molecule has 0 fully saturated rings. The zero-order valence-corrected chi connectivity index (χ0v) is 26.3. The Kier molecular flexibility index (Phi) is 12.9. The van der Waals surface area contributed by atoms with Gasteiger partial charge < -0.3 is 29.2 Å². The number of para-hydroxylation sites is 2. The van der Waals surface area contributed by atoms with E-state index in [2.05, 4.69) is 0 Å². The zero-order valence-electron chi connectivity index (χ0n) is 26.3. The van der Waals surface area contributed by atoms with Crippen molar-refractivity contribution in [3.63, 3.8) is 0 Å². The summed E-state index contributed by atoms with van der Waals surface area (Å²) in [5.41, 5.74) is 0.241. The van der Waals surface area contributed by atoms with Gasteiger partial charge in [0.25, 0.3) is 0 Å². The molecule has 238 valence electrons. The highest BCUT2D eigenvalue weighted by Gasteiger charge is 2.30. The zero-order chi connectivity index (χ0) is 32.0. The minimum absolute atomic E-state index is 0.0920. The summed E-state index contributed by atoms with van der Waals surface area (Å²) in [5, 5.41) is 21.9. The van der Waals surface area contributed by atoms with Gasteiger partial charge in [-0.25, -0.2) is 0 Å². The maximum Gasteiger partial charge on any atom is 0.305 e. The Morgan fingerprint density at radius 3 is 1.32 bits per heavy atom. The summed E-state index contributed by atoms with van der Waals surface area (Å²) >= 11 is 0. The van der Waals surface area contributed by atoms with Gasteiger partial charge in [-0.3, -0.25) is 9.59 Å². The summed E-state index contributed by atoms with van der Waals surface area (Å²) in [4.78, 5) is 24.4. The highest BCUT2D eigenvalue weighted by molar-refractivity contribution is 5.69.